The van der Waals surface area contributed by atoms with E-state index in [4.69, 9.17) is 9.47 Å². The fraction of sp³-hybridized carbons (Fsp3) is 0.235. The number of nitrogens with one attached hydrogen (secondary N) is 1. The Morgan fingerprint density at radius 1 is 1.14 bits per heavy atom. The van der Waals surface area contributed by atoms with Crippen LogP contribution in [0.3, 0.4) is 0 Å². The van der Waals surface area contributed by atoms with Gasteiger partial charge >= 0.3 is 0 Å². The lowest BCUT2D eigenvalue weighted by atomic mass is 10.2. The third-order valence-electron chi connectivity index (χ3n) is 2.90. The second-order valence-corrected chi connectivity index (χ2v) is 5.85. The highest BCUT2D eigenvalue weighted by molar-refractivity contribution is 9.10. The highest BCUT2D eigenvalue weighted by atomic mass is 79.9. The van der Waals surface area contributed by atoms with Gasteiger partial charge < -0.3 is 14.8 Å². The first kappa shape index (κ1) is 16.4. The molecule has 0 spiro atoms. The van der Waals surface area contributed by atoms with Crippen molar-refractivity contribution in [3.63, 3.8) is 0 Å². The molecule has 1 N–H and O–H groups in total. The lowest BCUT2D eigenvalue weighted by molar-refractivity contribution is 0.102. The van der Waals surface area contributed by atoms with Crippen molar-refractivity contribution in [2.75, 3.05) is 12.4 Å². The largest absolute Gasteiger partial charge is 0.497 e. The lowest BCUT2D eigenvalue weighted by Gasteiger charge is -2.12. The number of carbonyl (C=O) groups is 1. The van der Waals surface area contributed by atoms with Gasteiger partial charge in [-0.1, -0.05) is 0 Å². The second-order valence-electron chi connectivity index (χ2n) is 4.99. The van der Waals surface area contributed by atoms with Crippen molar-refractivity contribution in [3.8, 4) is 11.5 Å². The summed E-state index contributed by atoms with van der Waals surface area (Å²) in [7, 11) is 1.60. The molecule has 0 aliphatic rings. The topological polar surface area (TPSA) is 47.6 Å². The molecule has 0 unspecified atom stereocenters. The molecule has 0 aliphatic heterocycles. The monoisotopic (exact) mass is 363 g/mol. The van der Waals surface area contributed by atoms with Crippen LogP contribution in [-0.4, -0.2) is 19.1 Å². The minimum absolute atomic E-state index is 0.0790. The van der Waals surface area contributed by atoms with Crippen LogP contribution in [0.15, 0.2) is 46.9 Å². The maximum Gasteiger partial charge on any atom is 0.255 e. The summed E-state index contributed by atoms with van der Waals surface area (Å²) in [4.78, 5) is 12.3. The molecule has 0 aliphatic carbocycles. The number of ether oxygens (including phenoxy) is 2. The molecule has 0 saturated carbocycles. The Bertz CT molecular complexity index is 653. The van der Waals surface area contributed by atoms with Crippen molar-refractivity contribution in [3.05, 3.63) is 52.5 Å². The van der Waals surface area contributed by atoms with Gasteiger partial charge in [-0.3, -0.25) is 4.79 Å². The highest BCUT2D eigenvalue weighted by Gasteiger charge is 2.10. The number of anilines is 1. The quantitative estimate of drug-likeness (QED) is 0.850. The molecule has 5 heteroatoms. The molecule has 2 rings (SSSR count). The minimum atomic E-state index is -0.179. The summed E-state index contributed by atoms with van der Waals surface area (Å²) in [5, 5.41) is 2.84. The molecule has 116 valence electrons. The van der Waals surface area contributed by atoms with Crippen molar-refractivity contribution in [2.24, 2.45) is 0 Å². The Hall–Kier alpha value is -2.01. The Labute approximate surface area is 138 Å². The van der Waals surface area contributed by atoms with Crippen LogP contribution < -0.4 is 14.8 Å². The Kier molecular flexibility index (Phi) is 5.44. The summed E-state index contributed by atoms with van der Waals surface area (Å²) in [6.45, 7) is 3.91. The molecule has 2 aromatic carbocycles. The van der Waals surface area contributed by atoms with E-state index in [1.807, 2.05) is 13.8 Å². The van der Waals surface area contributed by atoms with Crippen molar-refractivity contribution >= 4 is 27.5 Å². The van der Waals surface area contributed by atoms with Crippen LogP contribution in [0.2, 0.25) is 0 Å². The van der Waals surface area contributed by atoms with Gasteiger partial charge in [-0.15, -0.1) is 0 Å². The third-order valence-corrected chi connectivity index (χ3v) is 3.52. The van der Waals surface area contributed by atoms with Crippen LogP contribution in [0.5, 0.6) is 11.5 Å². The van der Waals surface area contributed by atoms with Gasteiger partial charge in [0.2, 0.25) is 0 Å². The molecule has 4 nitrogen and oxygen atoms in total. The molecule has 0 heterocycles. The first-order chi connectivity index (χ1) is 10.5. The molecule has 0 atom stereocenters. The summed E-state index contributed by atoms with van der Waals surface area (Å²) in [5.74, 6) is 1.29. The summed E-state index contributed by atoms with van der Waals surface area (Å²) in [5.41, 5.74) is 1.27. The summed E-state index contributed by atoms with van der Waals surface area (Å²) in [6.07, 6.45) is 0.0790. The number of carbonyl (C=O) groups excluding carboxylic acids is 1. The van der Waals surface area contributed by atoms with E-state index in [9.17, 15) is 4.79 Å². The molecular formula is C17H18BrNO3. The summed E-state index contributed by atoms with van der Waals surface area (Å²) < 4.78 is 11.5. The average Bonchev–Trinajstić information content (AvgIpc) is 2.49. The number of hydrogen-bond donors (Lipinski definition) is 1. The molecule has 0 radical (unpaired) electrons. The SMILES string of the molecule is COc1ccc(NC(=O)c2ccc(OC(C)C)c(Br)c2)cc1. The summed E-state index contributed by atoms with van der Waals surface area (Å²) >= 11 is 3.43. The zero-order chi connectivity index (χ0) is 16.1. The van der Waals surface area contributed by atoms with Crippen molar-refractivity contribution < 1.29 is 14.3 Å². The van der Waals surface area contributed by atoms with E-state index < -0.39 is 0 Å². The molecule has 0 aromatic heterocycles. The smallest absolute Gasteiger partial charge is 0.255 e. The molecule has 2 aromatic rings. The highest BCUT2D eigenvalue weighted by Crippen LogP contribution is 2.27. The van der Waals surface area contributed by atoms with Gasteiger partial charge in [0.05, 0.1) is 17.7 Å². The Morgan fingerprint density at radius 3 is 2.36 bits per heavy atom. The van der Waals surface area contributed by atoms with Gasteiger partial charge in [0, 0.05) is 11.3 Å². The number of methoxy groups -OCH3 is 1. The second kappa shape index (κ2) is 7.31. The maximum atomic E-state index is 12.3. The van der Waals surface area contributed by atoms with Gasteiger partial charge in [-0.05, 0) is 72.2 Å². The number of halogens is 1. The average molecular weight is 364 g/mol. The van der Waals surface area contributed by atoms with E-state index in [2.05, 4.69) is 21.2 Å². The van der Waals surface area contributed by atoms with Gasteiger partial charge in [0.25, 0.3) is 5.91 Å². The first-order valence-corrected chi connectivity index (χ1v) is 7.70. The van der Waals surface area contributed by atoms with E-state index in [0.29, 0.717) is 11.3 Å². The number of rotatable bonds is 5. The van der Waals surface area contributed by atoms with Crippen molar-refractivity contribution in [1.29, 1.82) is 0 Å². The number of benzene rings is 2. The van der Waals surface area contributed by atoms with E-state index in [-0.39, 0.29) is 12.0 Å². The third kappa shape index (κ3) is 4.24. The van der Waals surface area contributed by atoms with Crippen LogP contribution in [-0.2, 0) is 0 Å². The maximum absolute atomic E-state index is 12.3. The van der Waals surface area contributed by atoms with Crippen LogP contribution in [0.1, 0.15) is 24.2 Å². The summed E-state index contributed by atoms with van der Waals surface area (Å²) in [6, 6.07) is 12.4. The number of hydrogen-bond acceptors (Lipinski definition) is 3. The number of amides is 1. The Balaban J connectivity index is 2.10. The standard InChI is InChI=1S/C17H18BrNO3/c1-11(2)22-16-9-4-12(10-15(16)18)17(20)19-13-5-7-14(21-3)8-6-13/h4-11H,1-3H3,(H,19,20). The predicted molar refractivity (Wildman–Crippen MR) is 90.9 cm³/mol. The van der Waals surface area contributed by atoms with E-state index in [0.717, 1.165) is 16.0 Å². The Morgan fingerprint density at radius 2 is 1.82 bits per heavy atom. The van der Waals surface area contributed by atoms with Crippen molar-refractivity contribution in [2.45, 2.75) is 20.0 Å². The van der Waals surface area contributed by atoms with Crippen LogP contribution in [0.4, 0.5) is 5.69 Å². The fourth-order valence-corrected chi connectivity index (χ4v) is 2.34. The van der Waals surface area contributed by atoms with Gasteiger partial charge in [-0.25, -0.2) is 0 Å². The van der Waals surface area contributed by atoms with Crippen molar-refractivity contribution in [1.82, 2.24) is 0 Å². The molecule has 22 heavy (non-hydrogen) atoms. The van der Waals surface area contributed by atoms with Gasteiger partial charge in [0.1, 0.15) is 11.5 Å². The van der Waals surface area contributed by atoms with E-state index in [1.165, 1.54) is 0 Å². The van der Waals surface area contributed by atoms with E-state index >= 15 is 0 Å². The van der Waals surface area contributed by atoms with Crippen LogP contribution >= 0.6 is 15.9 Å². The minimum Gasteiger partial charge on any atom is -0.497 e. The van der Waals surface area contributed by atoms with Gasteiger partial charge in [0.15, 0.2) is 0 Å². The predicted octanol–water partition coefficient (Wildman–Crippen LogP) is 4.50. The molecular weight excluding hydrogens is 346 g/mol. The first-order valence-electron chi connectivity index (χ1n) is 6.91. The zero-order valence-electron chi connectivity index (χ0n) is 12.7. The fourth-order valence-electron chi connectivity index (χ4n) is 1.87. The lowest BCUT2D eigenvalue weighted by Crippen LogP contribution is -2.12. The zero-order valence-corrected chi connectivity index (χ0v) is 14.3. The molecule has 0 bridgehead atoms. The molecule has 0 fully saturated rings. The van der Waals surface area contributed by atoms with Gasteiger partial charge in [-0.2, -0.15) is 0 Å². The van der Waals surface area contributed by atoms with Crippen LogP contribution in [0, 0.1) is 0 Å². The molecule has 0 saturated heterocycles. The normalized spacial score (nSPS) is 10.4. The molecule has 1 amide bonds. The van der Waals surface area contributed by atoms with Crippen LogP contribution in [0.25, 0.3) is 0 Å². The van der Waals surface area contributed by atoms with E-state index in [1.54, 1.807) is 49.6 Å².